The van der Waals surface area contributed by atoms with Crippen molar-refractivity contribution < 1.29 is 9.90 Å². The van der Waals surface area contributed by atoms with Gasteiger partial charge in [0.2, 0.25) is 5.91 Å². The van der Waals surface area contributed by atoms with Crippen LogP contribution in [0.25, 0.3) is 0 Å². The van der Waals surface area contributed by atoms with Gasteiger partial charge in [-0.25, -0.2) is 0 Å². The van der Waals surface area contributed by atoms with Gasteiger partial charge in [-0.05, 0) is 19.1 Å². The molecule has 1 aromatic carbocycles. The summed E-state index contributed by atoms with van der Waals surface area (Å²) in [5.74, 6) is -0.707. The van der Waals surface area contributed by atoms with E-state index in [1.165, 1.54) is 12.1 Å². The maximum absolute atomic E-state index is 10.9. The van der Waals surface area contributed by atoms with Crippen LogP contribution < -0.4 is 5.73 Å². The minimum Gasteiger partial charge on any atom is -0.366 e. The van der Waals surface area contributed by atoms with Crippen LogP contribution in [0.15, 0.2) is 18.2 Å². The molecular weight excluding hydrogens is 142 g/mol. The lowest BCUT2D eigenvalue weighted by Crippen LogP contribution is -2.12. The first-order valence-electron chi connectivity index (χ1n) is 3.19. The summed E-state index contributed by atoms with van der Waals surface area (Å²) in [5.41, 5.74) is 5.73. The Morgan fingerprint density at radius 2 is 2.09 bits per heavy atom. The molecule has 0 saturated carbocycles. The number of benzene rings is 1. The fraction of sp³-hybridized carbons (Fsp3) is 0.125. The van der Waals surface area contributed by atoms with Gasteiger partial charge in [0.25, 0.3) is 0 Å². The zero-order valence-corrected chi connectivity index (χ0v) is 6.13. The van der Waals surface area contributed by atoms with Crippen molar-refractivity contribution in [3.8, 4) is 5.75 Å². The molecule has 0 spiro atoms. The first-order valence-corrected chi connectivity index (χ1v) is 3.19. The van der Waals surface area contributed by atoms with Gasteiger partial charge in [0, 0.05) is 11.1 Å². The number of hydrogen-bond donors (Lipinski definition) is 1. The fourth-order valence-corrected chi connectivity index (χ4v) is 0.881. The van der Waals surface area contributed by atoms with Crippen molar-refractivity contribution in [2.45, 2.75) is 6.92 Å². The topological polar surface area (TPSA) is 63.0 Å². The lowest BCUT2D eigenvalue weighted by atomic mass is 10.1. The van der Waals surface area contributed by atoms with E-state index in [0.717, 1.165) is 0 Å². The lowest BCUT2D eigenvalue weighted by Gasteiger charge is -1.99. The zero-order valence-electron chi connectivity index (χ0n) is 6.13. The quantitative estimate of drug-likeness (QED) is 0.643. The van der Waals surface area contributed by atoms with Crippen molar-refractivity contribution in [1.82, 2.24) is 0 Å². The van der Waals surface area contributed by atoms with Gasteiger partial charge in [-0.3, -0.25) is 9.90 Å². The highest BCUT2D eigenvalue weighted by Gasteiger charge is 2.07. The van der Waals surface area contributed by atoms with Crippen LogP contribution >= 0.6 is 0 Å². The summed E-state index contributed by atoms with van der Waals surface area (Å²) in [5, 5.41) is 10.9. The molecule has 2 N–H and O–H groups in total. The highest BCUT2D eigenvalue weighted by Crippen LogP contribution is 2.19. The van der Waals surface area contributed by atoms with Crippen LogP contribution in [0.2, 0.25) is 0 Å². The third-order valence-corrected chi connectivity index (χ3v) is 1.55. The van der Waals surface area contributed by atoms with E-state index in [1.807, 2.05) is 0 Å². The van der Waals surface area contributed by atoms with Crippen LogP contribution in [-0.4, -0.2) is 5.91 Å². The molecule has 0 aliphatic rings. The number of carbonyl (C=O) groups excluding carboxylic acids is 1. The summed E-state index contributed by atoms with van der Waals surface area (Å²) >= 11 is 0. The second-order valence-corrected chi connectivity index (χ2v) is 2.29. The van der Waals surface area contributed by atoms with Crippen LogP contribution in [-0.2, 0) is 5.11 Å². The van der Waals surface area contributed by atoms with Gasteiger partial charge < -0.3 is 5.73 Å². The van der Waals surface area contributed by atoms with Gasteiger partial charge in [-0.1, -0.05) is 6.07 Å². The number of nitrogens with two attached hydrogens (primary N) is 1. The van der Waals surface area contributed by atoms with Crippen molar-refractivity contribution in [2.75, 3.05) is 0 Å². The van der Waals surface area contributed by atoms with E-state index in [9.17, 15) is 9.90 Å². The molecule has 0 aliphatic carbocycles. The lowest BCUT2D eigenvalue weighted by molar-refractivity contribution is 0.0999. The highest BCUT2D eigenvalue weighted by atomic mass is 16.3. The van der Waals surface area contributed by atoms with Gasteiger partial charge in [-0.2, -0.15) is 0 Å². The first-order chi connectivity index (χ1) is 5.13. The monoisotopic (exact) mass is 150 g/mol. The van der Waals surface area contributed by atoms with E-state index in [0.29, 0.717) is 11.1 Å². The number of primary amides is 1. The maximum Gasteiger partial charge on any atom is 0.249 e. The Morgan fingerprint density at radius 1 is 1.45 bits per heavy atom. The minimum absolute atomic E-state index is 0.152. The second kappa shape index (κ2) is 2.62. The fourth-order valence-electron chi connectivity index (χ4n) is 0.881. The Hall–Kier alpha value is -1.51. The summed E-state index contributed by atoms with van der Waals surface area (Å²) in [6.07, 6.45) is 0. The first kappa shape index (κ1) is 7.60. The molecule has 3 heteroatoms. The summed E-state index contributed by atoms with van der Waals surface area (Å²) in [7, 11) is 0. The molecule has 0 aliphatic heterocycles. The van der Waals surface area contributed by atoms with Crippen LogP contribution in [0, 0.1) is 6.92 Å². The van der Waals surface area contributed by atoms with E-state index in [4.69, 9.17) is 5.73 Å². The number of rotatable bonds is 1. The molecular formula is C8H8NO2. The van der Waals surface area contributed by atoms with Crippen LogP contribution in [0.1, 0.15) is 15.9 Å². The Kier molecular flexibility index (Phi) is 1.81. The predicted octanol–water partition coefficient (Wildman–Crippen LogP) is 1.24. The summed E-state index contributed by atoms with van der Waals surface area (Å²) in [4.78, 5) is 10.7. The largest absolute Gasteiger partial charge is 0.366 e. The Balaban J connectivity index is 3.27. The SMILES string of the molecule is Cc1c([O])cccc1C(N)=O. The highest BCUT2D eigenvalue weighted by molar-refractivity contribution is 5.94. The molecule has 0 saturated heterocycles. The van der Waals surface area contributed by atoms with E-state index < -0.39 is 5.91 Å². The molecule has 1 amide bonds. The molecule has 0 aromatic heterocycles. The molecule has 11 heavy (non-hydrogen) atoms. The molecule has 0 unspecified atom stereocenters. The van der Waals surface area contributed by atoms with Gasteiger partial charge in [0.1, 0.15) is 0 Å². The summed E-state index contributed by atoms with van der Waals surface area (Å²) in [6.45, 7) is 1.59. The number of amides is 1. The third-order valence-electron chi connectivity index (χ3n) is 1.55. The van der Waals surface area contributed by atoms with Crippen molar-refractivity contribution >= 4 is 5.91 Å². The average molecular weight is 150 g/mol. The minimum atomic E-state index is -0.555. The van der Waals surface area contributed by atoms with E-state index in [1.54, 1.807) is 13.0 Å². The van der Waals surface area contributed by atoms with E-state index in [-0.39, 0.29) is 5.75 Å². The molecule has 1 aromatic rings. The molecule has 0 atom stereocenters. The molecule has 57 valence electrons. The average Bonchev–Trinajstić information content (AvgIpc) is 1.94. The Labute approximate surface area is 64.5 Å². The molecule has 1 rings (SSSR count). The Bertz CT molecular complexity index is 294. The van der Waals surface area contributed by atoms with Crippen LogP contribution in [0.5, 0.6) is 5.75 Å². The van der Waals surface area contributed by atoms with Gasteiger partial charge in [0.15, 0.2) is 5.75 Å². The van der Waals surface area contributed by atoms with Crippen LogP contribution in [0.4, 0.5) is 0 Å². The van der Waals surface area contributed by atoms with E-state index >= 15 is 0 Å². The smallest absolute Gasteiger partial charge is 0.249 e. The van der Waals surface area contributed by atoms with Gasteiger partial charge in [0.05, 0.1) is 0 Å². The maximum atomic E-state index is 10.9. The summed E-state index contributed by atoms with van der Waals surface area (Å²) < 4.78 is 0. The normalized spacial score (nSPS) is 9.55. The second-order valence-electron chi connectivity index (χ2n) is 2.29. The number of carbonyl (C=O) groups is 1. The van der Waals surface area contributed by atoms with Crippen LogP contribution in [0.3, 0.4) is 0 Å². The van der Waals surface area contributed by atoms with Crippen molar-refractivity contribution in [3.05, 3.63) is 29.3 Å². The Morgan fingerprint density at radius 3 is 2.55 bits per heavy atom. The zero-order chi connectivity index (χ0) is 8.43. The molecule has 0 bridgehead atoms. The molecule has 1 radical (unpaired) electrons. The van der Waals surface area contributed by atoms with E-state index in [2.05, 4.69) is 0 Å². The summed E-state index contributed by atoms with van der Waals surface area (Å²) in [6, 6.07) is 4.47. The molecule has 3 nitrogen and oxygen atoms in total. The van der Waals surface area contributed by atoms with Gasteiger partial charge in [-0.15, -0.1) is 0 Å². The van der Waals surface area contributed by atoms with Gasteiger partial charge >= 0.3 is 0 Å². The third kappa shape index (κ3) is 1.32. The standard InChI is InChI=1S/C8H8NO2/c1-5-6(8(9)11)3-2-4-7(5)10/h2-4H,1H3,(H2,9,11). The molecule has 0 heterocycles. The van der Waals surface area contributed by atoms with Crippen molar-refractivity contribution in [3.63, 3.8) is 0 Å². The van der Waals surface area contributed by atoms with Crippen molar-refractivity contribution in [1.29, 1.82) is 0 Å². The predicted molar refractivity (Wildman–Crippen MR) is 39.8 cm³/mol. The molecule has 0 fully saturated rings. The van der Waals surface area contributed by atoms with Crippen molar-refractivity contribution in [2.24, 2.45) is 5.73 Å². The number of hydrogen-bond acceptors (Lipinski definition) is 1.